The Labute approximate surface area is 131 Å². The monoisotopic (exact) mass is 298 g/mol. The highest BCUT2D eigenvalue weighted by atomic mass is 32.2. The van der Waals surface area contributed by atoms with E-state index in [4.69, 9.17) is 5.73 Å². The van der Waals surface area contributed by atoms with Crippen molar-refractivity contribution in [3.8, 4) is 11.1 Å². The summed E-state index contributed by atoms with van der Waals surface area (Å²) in [6.45, 7) is 4.20. The van der Waals surface area contributed by atoms with Crippen molar-refractivity contribution in [2.24, 2.45) is 10.7 Å². The summed E-state index contributed by atoms with van der Waals surface area (Å²) >= 11 is 1.60. The first kappa shape index (κ1) is 15.6. The molecule has 110 valence electrons. The van der Waals surface area contributed by atoms with E-state index in [9.17, 15) is 0 Å². The Morgan fingerprint density at radius 1 is 1.05 bits per heavy atom. The molecule has 0 aliphatic rings. The van der Waals surface area contributed by atoms with Crippen molar-refractivity contribution in [1.82, 2.24) is 0 Å². The number of thioether (sulfide) groups is 1. The molecule has 0 aliphatic carbocycles. The van der Waals surface area contributed by atoms with Crippen molar-refractivity contribution >= 4 is 16.9 Å². The normalized spacial score (nSPS) is 13.1. The summed E-state index contributed by atoms with van der Waals surface area (Å²) in [5.74, 6) is 0.862. The number of amidine groups is 1. The number of rotatable bonds is 5. The van der Waals surface area contributed by atoms with Crippen LogP contribution < -0.4 is 5.73 Å². The quantitative estimate of drug-likeness (QED) is 0.642. The zero-order valence-electron chi connectivity index (χ0n) is 12.6. The molecule has 0 saturated heterocycles. The van der Waals surface area contributed by atoms with Crippen LogP contribution in [0.25, 0.3) is 11.1 Å². The Kier molecular flexibility index (Phi) is 5.88. The Morgan fingerprint density at radius 3 is 2.29 bits per heavy atom. The molecule has 0 unspecified atom stereocenters. The first-order valence-corrected chi connectivity index (χ1v) is 8.28. The van der Waals surface area contributed by atoms with Crippen molar-refractivity contribution < 1.29 is 0 Å². The third-order valence-electron chi connectivity index (χ3n) is 3.39. The van der Waals surface area contributed by atoms with Gasteiger partial charge in [0.2, 0.25) is 0 Å². The van der Waals surface area contributed by atoms with Crippen molar-refractivity contribution in [1.29, 1.82) is 0 Å². The molecule has 0 amide bonds. The standard InChI is InChI=1S/C18H22N2S/c1-3-14(2)20-18(19)21-13-15-9-11-17(12-10-15)16-7-5-4-6-8-16/h4-12,14H,3,13H2,1-2H3,(H2,19,20)/t14-/m1/s1. The largest absolute Gasteiger partial charge is 0.379 e. The van der Waals surface area contributed by atoms with E-state index in [1.807, 2.05) is 6.07 Å². The summed E-state index contributed by atoms with van der Waals surface area (Å²) in [7, 11) is 0. The van der Waals surface area contributed by atoms with Gasteiger partial charge in [-0.3, -0.25) is 4.99 Å². The molecular formula is C18H22N2S. The maximum Gasteiger partial charge on any atom is 0.154 e. The van der Waals surface area contributed by atoms with Gasteiger partial charge in [0, 0.05) is 11.8 Å². The van der Waals surface area contributed by atoms with Crippen LogP contribution >= 0.6 is 11.8 Å². The second-order valence-corrected chi connectivity index (χ2v) is 6.07. The summed E-state index contributed by atoms with van der Waals surface area (Å²) in [5.41, 5.74) is 9.68. The molecule has 2 nitrogen and oxygen atoms in total. The van der Waals surface area contributed by atoms with E-state index in [1.54, 1.807) is 11.8 Å². The average molecular weight is 298 g/mol. The van der Waals surface area contributed by atoms with Crippen LogP contribution in [0.5, 0.6) is 0 Å². The molecule has 0 spiro atoms. The first-order valence-electron chi connectivity index (χ1n) is 7.29. The lowest BCUT2D eigenvalue weighted by Crippen LogP contribution is -2.11. The minimum atomic E-state index is 0.304. The van der Waals surface area contributed by atoms with Crippen LogP contribution in [-0.4, -0.2) is 11.2 Å². The van der Waals surface area contributed by atoms with Gasteiger partial charge in [-0.15, -0.1) is 0 Å². The maximum atomic E-state index is 5.93. The Bertz CT molecular complexity index is 576. The van der Waals surface area contributed by atoms with Gasteiger partial charge in [-0.25, -0.2) is 0 Å². The highest BCUT2D eigenvalue weighted by Gasteiger charge is 2.01. The molecule has 1 atom stereocenters. The number of nitrogens with two attached hydrogens (primary N) is 1. The molecule has 0 heterocycles. The van der Waals surface area contributed by atoms with Gasteiger partial charge in [0.25, 0.3) is 0 Å². The van der Waals surface area contributed by atoms with E-state index in [0.717, 1.165) is 12.2 Å². The fraction of sp³-hybridized carbons (Fsp3) is 0.278. The highest BCUT2D eigenvalue weighted by Crippen LogP contribution is 2.21. The van der Waals surface area contributed by atoms with Gasteiger partial charge in [-0.2, -0.15) is 0 Å². The molecule has 0 radical (unpaired) electrons. The molecule has 0 bridgehead atoms. The van der Waals surface area contributed by atoms with Crippen LogP contribution in [0.3, 0.4) is 0 Å². The smallest absolute Gasteiger partial charge is 0.154 e. The molecule has 21 heavy (non-hydrogen) atoms. The van der Waals surface area contributed by atoms with Crippen LogP contribution in [-0.2, 0) is 5.75 Å². The number of benzene rings is 2. The lowest BCUT2D eigenvalue weighted by Gasteiger charge is -2.06. The van der Waals surface area contributed by atoms with Gasteiger partial charge in [0.05, 0.1) is 0 Å². The SMILES string of the molecule is CC[C@@H](C)N=C(N)SCc1ccc(-c2ccccc2)cc1. The summed E-state index contributed by atoms with van der Waals surface area (Å²) in [5, 5.41) is 0.677. The molecule has 3 heteroatoms. The summed E-state index contributed by atoms with van der Waals surface area (Å²) < 4.78 is 0. The third-order valence-corrected chi connectivity index (χ3v) is 4.27. The van der Waals surface area contributed by atoms with Gasteiger partial charge in [-0.05, 0) is 30.0 Å². The Hall–Kier alpha value is -1.74. The second kappa shape index (κ2) is 7.89. The van der Waals surface area contributed by atoms with E-state index < -0.39 is 0 Å². The van der Waals surface area contributed by atoms with Crippen molar-refractivity contribution in [2.75, 3.05) is 0 Å². The lowest BCUT2D eigenvalue weighted by molar-refractivity contribution is 0.718. The average Bonchev–Trinajstić information content (AvgIpc) is 2.54. The molecule has 2 rings (SSSR count). The number of aliphatic imine (C=N–C) groups is 1. The third kappa shape index (κ3) is 4.94. The van der Waals surface area contributed by atoms with Gasteiger partial charge < -0.3 is 5.73 Å². The molecule has 2 aromatic rings. The molecule has 0 fully saturated rings. The van der Waals surface area contributed by atoms with E-state index in [1.165, 1.54) is 16.7 Å². The molecule has 0 aromatic heterocycles. The van der Waals surface area contributed by atoms with E-state index >= 15 is 0 Å². The summed E-state index contributed by atoms with van der Waals surface area (Å²) in [6, 6.07) is 19.3. The van der Waals surface area contributed by atoms with Gasteiger partial charge >= 0.3 is 0 Å². The van der Waals surface area contributed by atoms with E-state index in [-0.39, 0.29) is 0 Å². The first-order chi connectivity index (χ1) is 10.2. The van der Waals surface area contributed by atoms with Crippen molar-refractivity contribution in [3.63, 3.8) is 0 Å². The van der Waals surface area contributed by atoms with E-state index in [0.29, 0.717) is 11.2 Å². The van der Waals surface area contributed by atoms with Crippen LogP contribution in [0.15, 0.2) is 59.6 Å². The Balaban J connectivity index is 1.96. The van der Waals surface area contributed by atoms with Crippen molar-refractivity contribution in [3.05, 3.63) is 60.2 Å². The lowest BCUT2D eigenvalue weighted by atomic mass is 10.0. The topological polar surface area (TPSA) is 38.4 Å². The van der Waals surface area contributed by atoms with E-state index in [2.05, 4.69) is 67.4 Å². The fourth-order valence-electron chi connectivity index (χ4n) is 1.93. The molecule has 0 aliphatic heterocycles. The van der Waals surface area contributed by atoms with Crippen LogP contribution in [0, 0.1) is 0 Å². The fourth-order valence-corrected chi connectivity index (χ4v) is 2.69. The van der Waals surface area contributed by atoms with Crippen molar-refractivity contribution in [2.45, 2.75) is 32.1 Å². The van der Waals surface area contributed by atoms with Gasteiger partial charge in [-0.1, -0.05) is 73.3 Å². The van der Waals surface area contributed by atoms with Crippen LogP contribution in [0.2, 0.25) is 0 Å². The zero-order valence-corrected chi connectivity index (χ0v) is 13.4. The number of nitrogens with zero attached hydrogens (tertiary/aromatic N) is 1. The number of hydrogen-bond acceptors (Lipinski definition) is 2. The summed E-state index contributed by atoms with van der Waals surface area (Å²) in [4.78, 5) is 4.43. The predicted octanol–water partition coefficient (Wildman–Crippen LogP) is 4.70. The highest BCUT2D eigenvalue weighted by molar-refractivity contribution is 8.13. The molecule has 2 N–H and O–H groups in total. The van der Waals surface area contributed by atoms with Gasteiger partial charge in [0.15, 0.2) is 5.17 Å². The number of hydrogen-bond donors (Lipinski definition) is 1. The summed E-state index contributed by atoms with van der Waals surface area (Å²) in [6.07, 6.45) is 1.02. The minimum Gasteiger partial charge on any atom is -0.379 e. The minimum absolute atomic E-state index is 0.304. The van der Waals surface area contributed by atoms with Crippen LogP contribution in [0.4, 0.5) is 0 Å². The second-order valence-electron chi connectivity index (χ2n) is 5.08. The van der Waals surface area contributed by atoms with Gasteiger partial charge in [0.1, 0.15) is 0 Å². The molecular weight excluding hydrogens is 276 g/mol. The molecule has 0 saturated carbocycles. The zero-order chi connectivity index (χ0) is 15.1. The Morgan fingerprint density at radius 2 is 1.67 bits per heavy atom. The van der Waals surface area contributed by atoms with Crippen LogP contribution in [0.1, 0.15) is 25.8 Å². The maximum absolute atomic E-state index is 5.93. The predicted molar refractivity (Wildman–Crippen MR) is 94.5 cm³/mol. The molecule has 2 aromatic carbocycles.